The Morgan fingerprint density at radius 3 is 2.45 bits per heavy atom. The van der Waals surface area contributed by atoms with Crippen LogP contribution >= 0.6 is 0 Å². The molecule has 0 saturated heterocycles. The number of imidazole rings is 1. The SMILES string of the molecule is Nc1nccn2c(C3CCn4c(nnc4C(F)(F)F)C3)nc(-c3ccc(C(=O)Nc4cc(C(F)(F)F)ccn4)cc3)c12. The third-order valence-corrected chi connectivity index (χ3v) is 6.94. The number of halogens is 6. The number of nitrogens with two attached hydrogens (primary N) is 1. The van der Waals surface area contributed by atoms with Crippen LogP contribution < -0.4 is 11.1 Å². The van der Waals surface area contributed by atoms with Crippen LogP contribution in [0.4, 0.5) is 38.0 Å². The van der Waals surface area contributed by atoms with Crippen LogP contribution in [0.25, 0.3) is 16.8 Å². The van der Waals surface area contributed by atoms with Crippen LogP contribution in [0.3, 0.4) is 0 Å². The second-order valence-corrected chi connectivity index (χ2v) is 9.59. The first kappa shape index (κ1) is 27.2. The number of anilines is 2. The van der Waals surface area contributed by atoms with Gasteiger partial charge in [-0.2, -0.15) is 26.3 Å². The van der Waals surface area contributed by atoms with Crippen molar-refractivity contribution in [3.8, 4) is 11.3 Å². The van der Waals surface area contributed by atoms with Gasteiger partial charge in [0.2, 0.25) is 5.82 Å². The fourth-order valence-corrected chi connectivity index (χ4v) is 4.98. The molecule has 0 spiro atoms. The van der Waals surface area contributed by atoms with Crippen molar-refractivity contribution >= 4 is 23.1 Å². The first-order valence-electron chi connectivity index (χ1n) is 12.5. The highest BCUT2D eigenvalue weighted by Crippen LogP contribution is 2.37. The van der Waals surface area contributed by atoms with Gasteiger partial charge in [-0.05, 0) is 30.7 Å². The van der Waals surface area contributed by atoms with Gasteiger partial charge in [0.1, 0.15) is 34.5 Å². The molecular formula is C26H19F6N9O. The van der Waals surface area contributed by atoms with Crippen LogP contribution in [-0.2, 0) is 25.3 Å². The van der Waals surface area contributed by atoms with Crippen molar-refractivity contribution in [1.82, 2.24) is 34.1 Å². The molecule has 1 amide bonds. The maximum absolute atomic E-state index is 13.3. The van der Waals surface area contributed by atoms with E-state index < -0.39 is 29.6 Å². The van der Waals surface area contributed by atoms with Crippen molar-refractivity contribution < 1.29 is 31.1 Å². The van der Waals surface area contributed by atoms with E-state index in [9.17, 15) is 31.1 Å². The number of nitrogens with zero attached hydrogens (tertiary/aromatic N) is 7. The van der Waals surface area contributed by atoms with Gasteiger partial charge in [0.05, 0.1) is 5.56 Å². The zero-order valence-corrected chi connectivity index (χ0v) is 21.3. The van der Waals surface area contributed by atoms with Gasteiger partial charge in [0, 0.05) is 48.6 Å². The molecule has 5 heterocycles. The molecule has 1 aliphatic rings. The van der Waals surface area contributed by atoms with E-state index in [-0.39, 0.29) is 41.9 Å². The molecule has 42 heavy (non-hydrogen) atoms. The third-order valence-electron chi connectivity index (χ3n) is 6.94. The topological polar surface area (TPSA) is 129 Å². The van der Waals surface area contributed by atoms with Crippen molar-refractivity contribution in [2.75, 3.05) is 11.1 Å². The highest BCUT2D eigenvalue weighted by molar-refractivity contribution is 6.04. The van der Waals surface area contributed by atoms with Crippen LogP contribution in [-0.4, -0.2) is 40.0 Å². The molecule has 1 unspecified atom stereocenters. The summed E-state index contributed by atoms with van der Waals surface area (Å²) in [5.74, 6) is -1.34. The Labute approximate surface area is 232 Å². The first-order valence-corrected chi connectivity index (χ1v) is 12.5. The number of benzene rings is 1. The fraction of sp³-hybridized carbons (Fsp3) is 0.231. The number of nitrogen functional groups attached to an aromatic ring is 1. The summed E-state index contributed by atoms with van der Waals surface area (Å²) < 4.78 is 81.7. The van der Waals surface area contributed by atoms with Crippen LogP contribution in [0.15, 0.2) is 55.0 Å². The quantitative estimate of drug-likeness (QED) is 0.284. The molecule has 1 atom stereocenters. The molecule has 216 valence electrons. The molecule has 0 aliphatic carbocycles. The number of fused-ring (bicyclic) bond motifs is 2. The normalized spacial score (nSPS) is 15.5. The maximum atomic E-state index is 13.3. The van der Waals surface area contributed by atoms with E-state index in [2.05, 4.69) is 25.5 Å². The average Bonchev–Trinajstić information content (AvgIpc) is 3.55. The number of alkyl halides is 6. The van der Waals surface area contributed by atoms with Crippen LogP contribution in [0.5, 0.6) is 0 Å². The number of amides is 1. The van der Waals surface area contributed by atoms with Gasteiger partial charge in [-0.15, -0.1) is 10.2 Å². The Bertz CT molecular complexity index is 1810. The van der Waals surface area contributed by atoms with Crippen molar-refractivity contribution in [2.45, 2.75) is 37.7 Å². The number of nitrogens with one attached hydrogen (secondary N) is 1. The molecule has 0 bridgehead atoms. The minimum atomic E-state index is -4.61. The molecule has 6 rings (SSSR count). The van der Waals surface area contributed by atoms with Gasteiger partial charge in [0.15, 0.2) is 0 Å². The summed E-state index contributed by atoms with van der Waals surface area (Å²) in [4.78, 5) is 25.4. The lowest BCUT2D eigenvalue weighted by Gasteiger charge is -2.23. The number of hydrogen-bond acceptors (Lipinski definition) is 7. The molecule has 0 fully saturated rings. The monoisotopic (exact) mass is 587 g/mol. The van der Waals surface area contributed by atoms with Gasteiger partial charge in [-0.25, -0.2) is 15.0 Å². The van der Waals surface area contributed by atoms with E-state index >= 15 is 0 Å². The van der Waals surface area contributed by atoms with Crippen LogP contribution in [0.2, 0.25) is 0 Å². The van der Waals surface area contributed by atoms with Gasteiger partial charge >= 0.3 is 12.4 Å². The second kappa shape index (κ2) is 9.81. The number of carbonyl (C=O) groups is 1. The first-order chi connectivity index (χ1) is 19.9. The Morgan fingerprint density at radius 2 is 1.74 bits per heavy atom. The lowest BCUT2D eigenvalue weighted by molar-refractivity contribution is -0.147. The molecule has 1 aliphatic heterocycles. The van der Waals surface area contributed by atoms with Gasteiger partial charge in [0.25, 0.3) is 5.91 Å². The van der Waals surface area contributed by atoms with E-state index in [1.807, 2.05) is 0 Å². The van der Waals surface area contributed by atoms with Crippen molar-refractivity contribution in [3.63, 3.8) is 0 Å². The minimum absolute atomic E-state index is 0.0528. The maximum Gasteiger partial charge on any atom is 0.451 e. The molecule has 10 nitrogen and oxygen atoms in total. The number of aromatic nitrogens is 7. The van der Waals surface area contributed by atoms with E-state index in [1.54, 1.807) is 22.7 Å². The third kappa shape index (κ3) is 4.88. The van der Waals surface area contributed by atoms with Crippen molar-refractivity contribution in [2.24, 2.45) is 0 Å². The van der Waals surface area contributed by atoms with Crippen molar-refractivity contribution in [1.29, 1.82) is 0 Å². The average molecular weight is 587 g/mol. The lowest BCUT2D eigenvalue weighted by atomic mass is 9.97. The van der Waals surface area contributed by atoms with Crippen LogP contribution in [0, 0.1) is 0 Å². The molecule has 1 aromatic carbocycles. The molecule has 0 radical (unpaired) electrons. The Kier molecular flexibility index (Phi) is 6.35. The minimum Gasteiger partial charge on any atom is -0.382 e. The lowest BCUT2D eigenvalue weighted by Crippen LogP contribution is -2.24. The molecule has 5 aromatic rings. The number of pyridine rings is 1. The molecule has 0 saturated carbocycles. The molecule has 16 heteroatoms. The van der Waals surface area contributed by atoms with Gasteiger partial charge in [-0.3, -0.25) is 9.20 Å². The summed E-state index contributed by atoms with van der Waals surface area (Å²) in [7, 11) is 0. The summed E-state index contributed by atoms with van der Waals surface area (Å²) in [6.45, 7) is 0.0528. The van der Waals surface area contributed by atoms with Crippen LogP contribution in [0.1, 0.15) is 45.7 Å². The van der Waals surface area contributed by atoms with E-state index in [0.717, 1.165) is 22.9 Å². The zero-order valence-electron chi connectivity index (χ0n) is 21.3. The second-order valence-electron chi connectivity index (χ2n) is 9.59. The number of rotatable bonds is 4. The Morgan fingerprint density at radius 1 is 0.976 bits per heavy atom. The number of carbonyl (C=O) groups excluding carboxylic acids is 1. The summed E-state index contributed by atoms with van der Waals surface area (Å²) >= 11 is 0. The Balaban J connectivity index is 1.29. The molecule has 3 N–H and O–H groups in total. The largest absolute Gasteiger partial charge is 0.451 e. The summed E-state index contributed by atoms with van der Waals surface area (Å²) in [5.41, 5.74) is 6.87. The Hall–Kier alpha value is -5.02. The summed E-state index contributed by atoms with van der Waals surface area (Å²) in [6, 6.07) is 7.67. The highest BCUT2D eigenvalue weighted by atomic mass is 19.4. The predicted octanol–water partition coefficient (Wildman–Crippen LogP) is 4.98. The molecule has 4 aromatic heterocycles. The molecular weight excluding hydrogens is 568 g/mol. The van der Waals surface area contributed by atoms with Crippen molar-refractivity contribution in [3.05, 3.63) is 83.6 Å². The highest BCUT2D eigenvalue weighted by Gasteiger charge is 2.40. The van der Waals surface area contributed by atoms with E-state index in [4.69, 9.17) is 10.7 Å². The summed E-state index contributed by atoms with van der Waals surface area (Å²) in [6.07, 6.45) is -4.59. The smallest absolute Gasteiger partial charge is 0.382 e. The van der Waals surface area contributed by atoms with E-state index in [1.165, 1.54) is 18.3 Å². The fourth-order valence-electron chi connectivity index (χ4n) is 4.98. The number of hydrogen-bond donors (Lipinski definition) is 2. The van der Waals surface area contributed by atoms with Gasteiger partial charge < -0.3 is 15.6 Å². The zero-order chi connectivity index (χ0) is 29.8. The standard InChI is InChI=1S/C26H19F6N9O/c27-25(28,29)16-5-7-34-17(12-16)36-23(42)14-3-1-13(2-4-14)19-20-21(33)35-8-10-41(20)22(37-19)15-6-9-40-18(11-15)38-39-24(40)26(30,31)32/h1-5,7-8,10,12,15H,6,9,11H2,(H2,33,35)(H,34,36,42). The predicted molar refractivity (Wildman–Crippen MR) is 136 cm³/mol. The summed E-state index contributed by atoms with van der Waals surface area (Å²) in [5, 5.41) is 9.44. The van der Waals surface area contributed by atoms with Gasteiger partial charge in [-0.1, -0.05) is 12.1 Å². The van der Waals surface area contributed by atoms with E-state index in [0.29, 0.717) is 29.0 Å².